The van der Waals surface area contributed by atoms with Crippen molar-refractivity contribution in [2.75, 3.05) is 13.2 Å². The first-order chi connectivity index (χ1) is 4.83. The summed E-state index contributed by atoms with van der Waals surface area (Å²) in [5.41, 5.74) is 0. The smallest absolute Gasteiger partial charge is 0.158 e. The van der Waals surface area contributed by atoms with Crippen LogP contribution in [0.4, 0.5) is 0 Å². The van der Waals surface area contributed by atoms with E-state index in [4.69, 9.17) is 9.47 Å². The van der Waals surface area contributed by atoms with Crippen LogP contribution < -0.4 is 0 Å². The third-order valence-electron chi connectivity index (χ3n) is 1.78. The van der Waals surface area contributed by atoms with Gasteiger partial charge in [0.05, 0.1) is 13.2 Å². The molecule has 1 rings (SSSR count). The second-order valence-corrected chi connectivity index (χ2v) is 2.80. The molecule has 1 radical (unpaired) electrons. The third-order valence-corrected chi connectivity index (χ3v) is 1.78. The molecule has 1 saturated heterocycles. The van der Waals surface area contributed by atoms with Gasteiger partial charge in [0.2, 0.25) is 0 Å². The molecule has 1 unspecified atom stereocenters. The number of hydrogen-bond acceptors (Lipinski definition) is 2. The fourth-order valence-electron chi connectivity index (χ4n) is 0.990. The third kappa shape index (κ3) is 2.27. The van der Waals surface area contributed by atoms with Crippen LogP contribution >= 0.6 is 0 Å². The lowest BCUT2D eigenvalue weighted by atomic mass is 10.1. The van der Waals surface area contributed by atoms with Crippen molar-refractivity contribution in [3.05, 3.63) is 6.92 Å². The van der Waals surface area contributed by atoms with Crippen molar-refractivity contribution < 1.29 is 9.47 Å². The molecule has 0 aromatic rings. The molecule has 0 amide bonds. The Morgan fingerprint density at radius 2 is 2.10 bits per heavy atom. The Morgan fingerprint density at radius 3 is 2.60 bits per heavy atom. The summed E-state index contributed by atoms with van der Waals surface area (Å²) in [6.07, 6.45) is 2.00. The molecule has 0 bridgehead atoms. The second kappa shape index (κ2) is 3.94. The molecule has 2 nitrogen and oxygen atoms in total. The first kappa shape index (κ1) is 8.02. The van der Waals surface area contributed by atoms with E-state index in [0.29, 0.717) is 5.92 Å². The lowest BCUT2D eigenvalue weighted by Gasteiger charge is -2.12. The van der Waals surface area contributed by atoms with E-state index in [1.54, 1.807) is 0 Å². The normalized spacial score (nSPS) is 23.4. The molecule has 0 aliphatic carbocycles. The van der Waals surface area contributed by atoms with Crippen LogP contribution in [0.3, 0.4) is 0 Å². The van der Waals surface area contributed by atoms with Gasteiger partial charge in [0.1, 0.15) is 0 Å². The van der Waals surface area contributed by atoms with Gasteiger partial charge in [-0.2, -0.15) is 0 Å². The molecule has 1 aliphatic heterocycles. The Labute approximate surface area is 62.5 Å². The Morgan fingerprint density at radius 1 is 1.50 bits per heavy atom. The molecule has 1 heterocycles. The summed E-state index contributed by atoms with van der Waals surface area (Å²) >= 11 is 0. The SMILES string of the molecule is [CH2]CC(C)CC1OCCO1. The van der Waals surface area contributed by atoms with Crippen LogP contribution in [-0.4, -0.2) is 19.5 Å². The van der Waals surface area contributed by atoms with Gasteiger partial charge < -0.3 is 9.47 Å². The Hall–Kier alpha value is -0.0800. The highest BCUT2D eigenvalue weighted by molar-refractivity contribution is 4.59. The molecular weight excluding hydrogens is 128 g/mol. The van der Waals surface area contributed by atoms with Gasteiger partial charge in [-0.15, -0.1) is 0 Å². The van der Waals surface area contributed by atoms with Crippen molar-refractivity contribution in [1.29, 1.82) is 0 Å². The number of ether oxygens (including phenoxy) is 2. The molecule has 1 atom stereocenters. The van der Waals surface area contributed by atoms with Gasteiger partial charge in [0, 0.05) is 6.42 Å². The van der Waals surface area contributed by atoms with Crippen LogP contribution in [0.2, 0.25) is 0 Å². The zero-order valence-corrected chi connectivity index (χ0v) is 6.51. The summed E-state index contributed by atoms with van der Waals surface area (Å²) in [5, 5.41) is 0. The van der Waals surface area contributed by atoms with E-state index in [1.807, 2.05) is 0 Å². The predicted octanol–water partition coefficient (Wildman–Crippen LogP) is 1.61. The van der Waals surface area contributed by atoms with Crippen molar-refractivity contribution in [2.24, 2.45) is 5.92 Å². The Balaban J connectivity index is 2.11. The zero-order valence-electron chi connectivity index (χ0n) is 6.51. The van der Waals surface area contributed by atoms with E-state index in [0.717, 1.165) is 26.1 Å². The largest absolute Gasteiger partial charge is 0.350 e. The van der Waals surface area contributed by atoms with Gasteiger partial charge in [0.15, 0.2) is 6.29 Å². The standard InChI is InChI=1S/C8H15O2/c1-3-7(2)6-8-9-4-5-10-8/h7-8H,1,3-6H2,2H3. The van der Waals surface area contributed by atoms with Gasteiger partial charge >= 0.3 is 0 Å². The van der Waals surface area contributed by atoms with Gasteiger partial charge in [0.25, 0.3) is 0 Å². The van der Waals surface area contributed by atoms with Crippen molar-refractivity contribution in [2.45, 2.75) is 26.1 Å². The molecule has 0 aromatic heterocycles. The van der Waals surface area contributed by atoms with Crippen molar-refractivity contribution >= 4 is 0 Å². The fraction of sp³-hybridized carbons (Fsp3) is 0.875. The zero-order chi connectivity index (χ0) is 7.40. The fourth-order valence-corrected chi connectivity index (χ4v) is 0.990. The summed E-state index contributed by atoms with van der Waals surface area (Å²) in [4.78, 5) is 0. The Kier molecular flexibility index (Phi) is 3.16. The van der Waals surface area contributed by atoms with Crippen molar-refractivity contribution in [3.63, 3.8) is 0 Å². The molecule has 2 heteroatoms. The van der Waals surface area contributed by atoms with Crippen molar-refractivity contribution in [1.82, 2.24) is 0 Å². The van der Waals surface area contributed by atoms with Gasteiger partial charge in [-0.05, 0) is 5.92 Å². The lowest BCUT2D eigenvalue weighted by molar-refractivity contribution is -0.0553. The molecule has 10 heavy (non-hydrogen) atoms. The minimum absolute atomic E-state index is 0.0525. The van der Waals surface area contributed by atoms with Crippen LogP contribution in [0.1, 0.15) is 19.8 Å². The predicted molar refractivity (Wildman–Crippen MR) is 39.4 cm³/mol. The first-order valence-corrected chi connectivity index (χ1v) is 3.85. The molecular formula is C8H15O2. The second-order valence-electron chi connectivity index (χ2n) is 2.80. The van der Waals surface area contributed by atoms with E-state index in [9.17, 15) is 0 Å². The van der Waals surface area contributed by atoms with Gasteiger partial charge in [-0.1, -0.05) is 20.3 Å². The molecule has 1 aliphatic rings. The topological polar surface area (TPSA) is 18.5 Å². The lowest BCUT2D eigenvalue weighted by Crippen LogP contribution is -2.11. The van der Waals surface area contributed by atoms with E-state index >= 15 is 0 Å². The van der Waals surface area contributed by atoms with Crippen LogP contribution in [0, 0.1) is 12.8 Å². The molecule has 0 spiro atoms. The maximum atomic E-state index is 5.28. The van der Waals surface area contributed by atoms with E-state index in [-0.39, 0.29) is 6.29 Å². The maximum absolute atomic E-state index is 5.28. The molecule has 1 fully saturated rings. The Bertz CT molecular complexity index is 87.3. The van der Waals surface area contributed by atoms with E-state index in [1.165, 1.54) is 0 Å². The highest BCUT2D eigenvalue weighted by atomic mass is 16.7. The average molecular weight is 143 g/mol. The molecule has 0 aromatic carbocycles. The van der Waals surface area contributed by atoms with Crippen molar-refractivity contribution in [3.8, 4) is 0 Å². The molecule has 0 saturated carbocycles. The van der Waals surface area contributed by atoms with Gasteiger partial charge in [-0.25, -0.2) is 0 Å². The molecule has 0 N–H and O–H groups in total. The van der Waals surface area contributed by atoms with Crippen LogP contribution in [0.5, 0.6) is 0 Å². The summed E-state index contributed by atoms with van der Waals surface area (Å²) in [5.74, 6) is 0.614. The highest BCUT2D eigenvalue weighted by Crippen LogP contribution is 2.16. The van der Waals surface area contributed by atoms with Crippen LogP contribution in [0.15, 0.2) is 0 Å². The maximum Gasteiger partial charge on any atom is 0.158 e. The summed E-state index contributed by atoms with van der Waals surface area (Å²) < 4.78 is 10.6. The minimum atomic E-state index is 0.0525. The van der Waals surface area contributed by atoms with E-state index in [2.05, 4.69) is 13.8 Å². The monoisotopic (exact) mass is 143 g/mol. The van der Waals surface area contributed by atoms with E-state index < -0.39 is 0 Å². The van der Waals surface area contributed by atoms with Crippen LogP contribution in [-0.2, 0) is 9.47 Å². The minimum Gasteiger partial charge on any atom is -0.350 e. The number of rotatable bonds is 3. The summed E-state index contributed by atoms with van der Waals surface area (Å²) in [6, 6.07) is 0. The molecule has 59 valence electrons. The average Bonchev–Trinajstić information content (AvgIpc) is 2.40. The summed E-state index contributed by atoms with van der Waals surface area (Å²) in [7, 11) is 0. The first-order valence-electron chi connectivity index (χ1n) is 3.85. The highest BCUT2D eigenvalue weighted by Gasteiger charge is 2.17. The summed E-state index contributed by atoms with van der Waals surface area (Å²) in [6.45, 7) is 7.50. The van der Waals surface area contributed by atoms with Gasteiger partial charge in [-0.3, -0.25) is 0 Å². The number of hydrogen-bond donors (Lipinski definition) is 0. The quantitative estimate of drug-likeness (QED) is 0.597. The van der Waals surface area contributed by atoms with Crippen LogP contribution in [0.25, 0.3) is 0 Å².